The molecule has 1 aliphatic rings. The molecule has 2 unspecified atom stereocenters. The fraction of sp³-hybridized carbons (Fsp3) is 0.273. The van der Waals surface area contributed by atoms with Gasteiger partial charge in [-0.05, 0) is 84.5 Å². The van der Waals surface area contributed by atoms with Gasteiger partial charge in [0.2, 0.25) is 11.8 Å². The fourth-order valence-corrected chi connectivity index (χ4v) is 6.92. The Hall–Kier alpha value is -4.27. The highest BCUT2D eigenvalue weighted by atomic mass is 32.3. The summed E-state index contributed by atoms with van der Waals surface area (Å²) in [7, 11) is -3.39. The highest BCUT2D eigenvalue weighted by molar-refractivity contribution is 8.22. The molecule has 3 N–H and O–H groups in total. The number of rotatable bonds is 8. The third kappa shape index (κ3) is 6.71. The molecule has 0 saturated carbocycles. The van der Waals surface area contributed by atoms with Gasteiger partial charge in [0.15, 0.2) is 0 Å². The van der Waals surface area contributed by atoms with Crippen molar-refractivity contribution in [3.05, 3.63) is 113 Å². The maximum Gasteiger partial charge on any atom is 0.239 e. The summed E-state index contributed by atoms with van der Waals surface area (Å²) in [6, 6.07) is 20.6. The first kappa shape index (κ1) is 30.2. The summed E-state index contributed by atoms with van der Waals surface area (Å²) in [5.41, 5.74) is 5.82. The fourth-order valence-electron chi connectivity index (χ4n) is 5.35. The van der Waals surface area contributed by atoms with E-state index < -0.39 is 10.8 Å². The molecular weight excluding hydrogens is 562 g/mol. The topological polar surface area (TPSA) is 132 Å². The van der Waals surface area contributed by atoms with Crippen LogP contribution in [-0.4, -0.2) is 41.9 Å². The molecule has 0 spiro atoms. The number of amides is 1. The van der Waals surface area contributed by atoms with Crippen LogP contribution in [0.5, 0.6) is 5.88 Å². The summed E-state index contributed by atoms with van der Waals surface area (Å²) in [6.07, 6.45) is 5.40. The third-order valence-corrected chi connectivity index (χ3v) is 9.66. The highest BCUT2D eigenvalue weighted by Gasteiger charge is 2.35. The van der Waals surface area contributed by atoms with E-state index in [-0.39, 0.29) is 41.7 Å². The van der Waals surface area contributed by atoms with Gasteiger partial charge in [0, 0.05) is 31.3 Å². The number of pyridine rings is 2. The molecule has 222 valence electrons. The lowest BCUT2D eigenvalue weighted by Crippen LogP contribution is -2.34. The number of hydrogen-bond donors (Lipinski definition) is 3. The number of carbonyl (C=O) groups is 1. The molecule has 5 rings (SSSR count). The minimum absolute atomic E-state index is 0.161. The van der Waals surface area contributed by atoms with Crippen molar-refractivity contribution in [2.24, 2.45) is 0 Å². The molecule has 1 aliphatic heterocycles. The van der Waals surface area contributed by atoms with E-state index in [1.165, 1.54) is 0 Å². The lowest BCUT2D eigenvalue weighted by atomic mass is 9.84. The predicted octanol–water partition coefficient (Wildman–Crippen LogP) is 6.82. The van der Waals surface area contributed by atoms with Crippen molar-refractivity contribution in [1.29, 1.82) is 5.26 Å². The molecule has 2 atom stereocenters. The molecule has 2 aromatic heterocycles. The zero-order valence-electron chi connectivity index (χ0n) is 24.4. The van der Waals surface area contributed by atoms with E-state index >= 15 is 0 Å². The SMILES string of the molecule is CCC1CN(Cc2cc(C(CC(=O)Nc3cccnc3)c3ccc(C#N)cc3C)ccc2C)S(O)(O)c2cccnc2O1. The molecule has 0 radical (unpaired) electrons. The van der Waals surface area contributed by atoms with Crippen LogP contribution in [0.3, 0.4) is 0 Å². The largest absolute Gasteiger partial charge is 0.472 e. The van der Waals surface area contributed by atoms with Crippen molar-refractivity contribution in [2.75, 3.05) is 11.9 Å². The Labute approximate surface area is 253 Å². The number of fused-ring (bicyclic) bond motifs is 1. The number of aryl methyl sites for hydroxylation is 2. The van der Waals surface area contributed by atoms with Crippen molar-refractivity contribution < 1.29 is 18.6 Å². The molecule has 1 amide bonds. The maximum absolute atomic E-state index is 13.3. The quantitative estimate of drug-likeness (QED) is 0.202. The smallest absolute Gasteiger partial charge is 0.239 e. The second-order valence-corrected chi connectivity index (χ2v) is 12.7. The summed E-state index contributed by atoms with van der Waals surface area (Å²) in [4.78, 5) is 21.9. The summed E-state index contributed by atoms with van der Waals surface area (Å²) >= 11 is 0. The lowest BCUT2D eigenvalue weighted by molar-refractivity contribution is -0.116. The monoisotopic (exact) mass is 597 g/mol. The molecule has 3 heterocycles. The Balaban J connectivity index is 1.51. The van der Waals surface area contributed by atoms with E-state index in [2.05, 4.69) is 21.4 Å². The second-order valence-electron chi connectivity index (χ2n) is 10.7. The van der Waals surface area contributed by atoms with Crippen molar-refractivity contribution in [3.8, 4) is 11.9 Å². The van der Waals surface area contributed by atoms with Gasteiger partial charge >= 0.3 is 0 Å². The Kier molecular flexibility index (Phi) is 9.08. The Bertz CT molecular complexity index is 1660. The number of nitrogens with one attached hydrogen (secondary N) is 1. The predicted molar refractivity (Wildman–Crippen MR) is 167 cm³/mol. The molecule has 9 nitrogen and oxygen atoms in total. The van der Waals surface area contributed by atoms with Gasteiger partial charge in [-0.25, -0.2) is 4.98 Å². The molecule has 0 fully saturated rings. The Morgan fingerprint density at radius 3 is 2.67 bits per heavy atom. The van der Waals surface area contributed by atoms with Crippen LogP contribution in [0.25, 0.3) is 0 Å². The van der Waals surface area contributed by atoms with Crippen LogP contribution >= 0.6 is 10.8 Å². The number of aromatic nitrogens is 2. The first-order chi connectivity index (χ1) is 20.7. The van der Waals surface area contributed by atoms with Gasteiger partial charge in [0.05, 0.1) is 30.1 Å². The molecule has 0 saturated heterocycles. The number of nitrogens with zero attached hydrogens (tertiary/aromatic N) is 4. The number of benzene rings is 2. The molecule has 4 aromatic rings. The number of anilines is 1. The molecule has 43 heavy (non-hydrogen) atoms. The first-order valence-electron chi connectivity index (χ1n) is 14.1. The van der Waals surface area contributed by atoms with Gasteiger partial charge in [0.1, 0.15) is 11.0 Å². The molecule has 0 bridgehead atoms. The van der Waals surface area contributed by atoms with E-state index in [0.29, 0.717) is 24.2 Å². The van der Waals surface area contributed by atoms with Crippen LogP contribution in [0.15, 0.2) is 84.1 Å². The van der Waals surface area contributed by atoms with Crippen LogP contribution < -0.4 is 10.1 Å². The van der Waals surface area contributed by atoms with Crippen molar-refractivity contribution in [1.82, 2.24) is 14.3 Å². The minimum Gasteiger partial charge on any atom is -0.472 e. The number of ether oxygens (including phenoxy) is 1. The first-order valence-corrected chi connectivity index (χ1v) is 15.6. The summed E-state index contributed by atoms with van der Waals surface area (Å²) in [6.45, 7) is 6.50. The average molecular weight is 598 g/mol. The minimum atomic E-state index is -3.39. The van der Waals surface area contributed by atoms with Crippen LogP contribution in [0, 0.1) is 25.2 Å². The lowest BCUT2D eigenvalue weighted by Gasteiger charge is -2.41. The number of carbonyl (C=O) groups excluding carboxylic acids is 1. The summed E-state index contributed by atoms with van der Waals surface area (Å²) in [5.74, 6) is -0.235. The van der Waals surface area contributed by atoms with Gasteiger partial charge in [-0.1, -0.05) is 31.2 Å². The highest BCUT2D eigenvalue weighted by Crippen LogP contribution is 2.57. The van der Waals surface area contributed by atoms with Crippen LogP contribution in [0.1, 0.15) is 59.1 Å². The van der Waals surface area contributed by atoms with Crippen molar-refractivity contribution in [2.45, 2.75) is 57.1 Å². The van der Waals surface area contributed by atoms with Crippen LogP contribution in [-0.2, 0) is 11.3 Å². The molecule has 0 aliphatic carbocycles. The van der Waals surface area contributed by atoms with Crippen molar-refractivity contribution in [3.63, 3.8) is 0 Å². The van der Waals surface area contributed by atoms with E-state index in [0.717, 1.165) is 27.8 Å². The molecule has 2 aromatic carbocycles. The van der Waals surface area contributed by atoms with Gasteiger partial charge < -0.3 is 10.1 Å². The van der Waals surface area contributed by atoms with E-state index in [1.54, 1.807) is 53.2 Å². The maximum atomic E-state index is 13.3. The third-order valence-electron chi connectivity index (χ3n) is 7.76. The van der Waals surface area contributed by atoms with Crippen LogP contribution in [0.4, 0.5) is 5.69 Å². The standard InChI is InChI=1S/C33H35N5O4S/c1-4-28-21-38(43(40,41)31-8-6-14-36-33(31)42-28)20-26-16-25(11-9-22(26)2)30(29-12-10-24(18-34)15-23(29)3)17-32(39)37-27-7-5-13-35-19-27/h5-16,19,28,30,40-41H,4,17,20-21H2,1-3H3,(H,37,39). The van der Waals surface area contributed by atoms with Gasteiger partial charge in [-0.3, -0.25) is 18.9 Å². The zero-order chi connectivity index (χ0) is 30.6. The van der Waals surface area contributed by atoms with Gasteiger partial charge in [-0.2, -0.15) is 9.57 Å². The summed E-state index contributed by atoms with van der Waals surface area (Å²) < 4.78 is 30.7. The average Bonchev–Trinajstić information content (AvgIpc) is 3.11. The van der Waals surface area contributed by atoms with Gasteiger partial charge in [0.25, 0.3) is 0 Å². The van der Waals surface area contributed by atoms with Crippen molar-refractivity contribution >= 4 is 22.4 Å². The second kappa shape index (κ2) is 12.9. The normalized spacial score (nSPS) is 17.4. The van der Waals surface area contributed by atoms with E-state index in [4.69, 9.17) is 4.74 Å². The summed E-state index contributed by atoms with van der Waals surface area (Å²) in [5, 5.41) is 12.4. The van der Waals surface area contributed by atoms with Crippen LogP contribution in [0.2, 0.25) is 0 Å². The number of nitriles is 1. The Morgan fingerprint density at radius 2 is 1.95 bits per heavy atom. The zero-order valence-corrected chi connectivity index (χ0v) is 25.2. The number of hydrogen-bond acceptors (Lipinski definition) is 8. The molecular formula is C33H35N5O4S. The van der Waals surface area contributed by atoms with E-state index in [9.17, 15) is 19.2 Å². The Morgan fingerprint density at radius 1 is 1.14 bits per heavy atom. The van der Waals surface area contributed by atoms with Gasteiger partial charge in [-0.15, -0.1) is 10.8 Å². The van der Waals surface area contributed by atoms with E-state index in [1.807, 2.05) is 51.1 Å². The molecule has 10 heteroatoms.